The summed E-state index contributed by atoms with van der Waals surface area (Å²) in [7, 11) is -9.91. The molecule has 99 heavy (non-hydrogen) atoms. The zero-order chi connectivity index (χ0) is 72.8. The average molecular weight is 1450 g/mol. The molecule has 0 aromatic heterocycles. The third kappa shape index (κ3) is 74.1. The lowest BCUT2D eigenvalue weighted by atomic mass is 10.0. The molecule has 17 nitrogen and oxygen atoms in total. The normalized spacial score (nSPS) is 13.9. The van der Waals surface area contributed by atoms with Crippen LogP contribution in [0, 0.1) is 11.8 Å². The molecule has 2 unspecified atom stereocenters. The summed E-state index contributed by atoms with van der Waals surface area (Å²) in [5.74, 6) is -0.771. The van der Waals surface area contributed by atoms with E-state index >= 15 is 0 Å². The zero-order valence-corrected chi connectivity index (χ0v) is 66.6. The van der Waals surface area contributed by atoms with Crippen LogP contribution in [0.15, 0.2) is 0 Å². The highest BCUT2D eigenvalue weighted by Gasteiger charge is 2.30. The molecule has 0 heterocycles. The Morgan fingerprint density at radius 3 is 0.687 bits per heavy atom. The van der Waals surface area contributed by atoms with Gasteiger partial charge in [-0.05, 0) is 37.5 Å². The molecule has 588 valence electrons. The number of esters is 4. The van der Waals surface area contributed by atoms with Crippen LogP contribution in [0.2, 0.25) is 0 Å². The van der Waals surface area contributed by atoms with Gasteiger partial charge in [-0.15, -0.1) is 0 Å². The summed E-state index contributed by atoms with van der Waals surface area (Å²) in [5.41, 5.74) is 0. The molecule has 0 bridgehead atoms. The van der Waals surface area contributed by atoms with Gasteiger partial charge in [0.05, 0.1) is 26.4 Å². The fourth-order valence-corrected chi connectivity index (χ4v) is 13.9. The summed E-state index contributed by atoms with van der Waals surface area (Å²) in [4.78, 5) is 72.8. The van der Waals surface area contributed by atoms with Crippen molar-refractivity contribution in [2.24, 2.45) is 11.8 Å². The van der Waals surface area contributed by atoms with Gasteiger partial charge in [0, 0.05) is 25.7 Å². The molecular weight excluding hydrogens is 1290 g/mol. The number of hydrogen-bond donors (Lipinski definition) is 3. The summed E-state index contributed by atoms with van der Waals surface area (Å²) >= 11 is 0. The maximum absolute atomic E-state index is 13.1. The minimum Gasteiger partial charge on any atom is -0.462 e. The molecule has 0 aliphatic heterocycles. The van der Waals surface area contributed by atoms with Crippen LogP contribution in [0.5, 0.6) is 0 Å². The minimum atomic E-state index is -4.96. The van der Waals surface area contributed by atoms with Crippen molar-refractivity contribution < 1.29 is 80.2 Å². The van der Waals surface area contributed by atoms with Crippen LogP contribution in [0.25, 0.3) is 0 Å². The molecule has 0 fully saturated rings. The third-order valence-corrected chi connectivity index (χ3v) is 20.6. The van der Waals surface area contributed by atoms with E-state index in [1.807, 2.05) is 0 Å². The Bertz CT molecular complexity index is 1910. The van der Waals surface area contributed by atoms with Crippen LogP contribution in [0.1, 0.15) is 420 Å². The van der Waals surface area contributed by atoms with Gasteiger partial charge in [0.1, 0.15) is 19.3 Å². The molecule has 0 aromatic carbocycles. The molecule has 19 heteroatoms. The Labute approximate surface area is 607 Å². The maximum atomic E-state index is 13.1. The van der Waals surface area contributed by atoms with Crippen molar-refractivity contribution in [3.05, 3.63) is 0 Å². The molecule has 0 aliphatic rings. The van der Waals surface area contributed by atoms with Crippen LogP contribution in [0.4, 0.5) is 0 Å². The van der Waals surface area contributed by atoms with E-state index < -0.39 is 97.5 Å². The maximum Gasteiger partial charge on any atom is 0.472 e. The number of phosphoric ester groups is 2. The van der Waals surface area contributed by atoms with Gasteiger partial charge in [-0.25, -0.2) is 9.13 Å². The van der Waals surface area contributed by atoms with Crippen LogP contribution in [-0.4, -0.2) is 96.7 Å². The Morgan fingerprint density at radius 1 is 0.273 bits per heavy atom. The fourth-order valence-electron chi connectivity index (χ4n) is 12.4. The quantitative estimate of drug-likeness (QED) is 0.0222. The van der Waals surface area contributed by atoms with E-state index in [0.717, 1.165) is 96.3 Å². The first kappa shape index (κ1) is 97.1. The van der Waals surface area contributed by atoms with E-state index in [9.17, 15) is 43.2 Å². The van der Waals surface area contributed by atoms with Gasteiger partial charge in [0.25, 0.3) is 0 Å². The molecule has 5 atom stereocenters. The van der Waals surface area contributed by atoms with Crippen molar-refractivity contribution in [3.63, 3.8) is 0 Å². The first-order valence-electron chi connectivity index (χ1n) is 41.5. The summed E-state index contributed by atoms with van der Waals surface area (Å²) in [6.45, 7) is 9.43. The summed E-state index contributed by atoms with van der Waals surface area (Å²) < 4.78 is 68.5. The van der Waals surface area contributed by atoms with Gasteiger partial charge in [-0.2, -0.15) is 0 Å². The van der Waals surface area contributed by atoms with E-state index in [0.29, 0.717) is 37.5 Å². The van der Waals surface area contributed by atoms with Gasteiger partial charge < -0.3 is 33.8 Å². The molecule has 0 rings (SSSR count). The number of carbonyl (C=O) groups is 4. The highest BCUT2D eigenvalue weighted by molar-refractivity contribution is 7.47. The third-order valence-electron chi connectivity index (χ3n) is 18.7. The Morgan fingerprint density at radius 2 is 0.465 bits per heavy atom. The molecule has 0 radical (unpaired) electrons. The van der Waals surface area contributed by atoms with Crippen molar-refractivity contribution in [3.8, 4) is 0 Å². The number of aliphatic hydroxyl groups excluding tert-OH is 1. The number of hydrogen-bond acceptors (Lipinski definition) is 15. The lowest BCUT2D eigenvalue weighted by Gasteiger charge is -2.21. The lowest BCUT2D eigenvalue weighted by molar-refractivity contribution is -0.161. The van der Waals surface area contributed by atoms with E-state index in [4.69, 9.17) is 37.0 Å². The highest BCUT2D eigenvalue weighted by Crippen LogP contribution is 2.45. The largest absolute Gasteiger partial charge is 0.472 e. The van der Waals surface area contributed by atoms with Crippen LogP contribution >= 0.6 is 15.6 Å². The molecule has 0 saturated carbocycles. The van der Waals surface area contributed by atoms with Crippen LogP contribution in [0.3, 0.4) is 0 Å². The summed E-state index contributed by atoms with van der Waals surface area (Å²) in [5, 5.41) is 10.6. The molecule has 0 saturated heterocycles. The number of aliphatic hydroxyl groups is 1. The van der Waals surface area contributed by atoms with Gasteiger partial charge in [0.2, 0.25) is 0 Å². The second-order valence-corrected chi connectivity index (χ2v) is 32.7. The minimum absolute atomic E-state index is 0.101. The van der Waals surface area contributed by atoms with Gasteiger partial charge >= 0.3 is 39.5 Å². The number of rotatable bonds is 79. The highest BCUT2D eigenvalue weighted by atomic mass is 31.2. The summed E-state index contributed by atoms with van der Waals surface area (Å²) in [6.07, 6.45) is 61.8. The average Bonchev–Trinajstić information content (AvgIpc) is 1.06. The molecule has 3 N–H and O–H groups in total. The topological polar surface area (TPSA) is 237 Å². The molecule has 0 amide bonds. The van der Waals surface area contributed by atoms with Crippen LogP contribution < -0.4 is 0 Å². The molecule has 0 spiro atoms. The monoisotopic (exact) mass is 1450 g/mol. The van der Waals surface area contributed by atoms with E-state index in [1.54, 1.807) is 0 Å². The number of carbonyl (C=O) groups excluding carboxylic acids is 4. The standard InChI is InChI=1S/C80H156O17P2/c1-7-9-11-13-15-17-19-21-23-25-27-29-31-33-35-37-39-41-43-52-58-64-79(84)96-75(68-90-77(82)62-56-50-42-40-38-36-34-32-30-28-26-24-22-20-18-16-14-12-10-8-2)70-94-98(86,87)92-66-74(81)67-93-99(88,89)95-71-76(97-80(85)65-59-53-47-45-49-55-61-73(5)6)69-91-78(83)63-57-51-46-44-48-54-60-72(3)4/h72-76,81H,7-71H2,1-6H3,(H,86,87)(H,88,89)/t74-,75-,76-/m1/s1. The summed E-state index contributed by atoms with van der Waals surface area (Å²) in [6, 6.07) is 0. The molecular formula is C80H156O17P2. The van der Waals surface area contributed by atoms with Gasteiger partial charge in [-0.1, -0.05) is 369 Å². The van der Waals surface area contributed by atoms with Gasteiger partial charge in [-0.3, -0.25) is 37.3 Å². The lowest BCUT2D eigenvalue weighted by Crippen LogP contribution is -2.30. The van der Waals surface area contributed by atoms with E-state index in [2.05, 4.69) is 41.5 Å². The van der Waals surface area contributed by atoms with Crippen molar-refractivity contribution in [1.82, 2.24) is 0 Å². The van der Waals surface area contributed by atoms with Crippen LogP contribution in [-0.2, 0) is 65.4 Å². The number of ether oxygens (including phenoxy) is 4. The van der Waals surface area contributed by atoms with E-state index in [-0.39, 0.29) is 25.7 Å². The van der Waals surface area contributed by atoms with Gasteiger partial charge in [0.15, 0.2) is 12.2 Å². The SMILES string of the molecule is CCCCCCCCCCCCCCCCCCCCCCCC(=O)O[C@H](COC(=O)CCCCCCCCCCCCCCCCCCCCCC)COP(=O)(O)OC[C@@H](O)COP(=O)(O)OC[C@@H](COC(=O)CCCCCCCCC(C)C)OC(=O)CCCCCCCCC(C)C. The smallest absolute Gasteiger partial charge is 0.462 e. The first-order valence-corrected chi connectivity index (χ1v) is 44.5. The van der Waals surface area contributed by atoms with E-state index in [1.165, 1.54) is 231 Å². The fraction of sp³-hybridized carbons (Fsp3) is 0.950. The van der Waals surface area contributed by atoms with Crippen molar-refractivity contribution >= 4 is 39.5 Å². The number of unbranched alkanes of at least 4 members (excludes halogenated alkanes) is 49. The van der Waals surface area contributed by atoms with Crippen molar-refractivity contribution in [2.45, 2.75) is 439 Å². The zero-order valence-electron chi connectivity index (χ0n) is 64.8. The Hall–Kier alpha value is -1.94. The van der Waals surface area contributed by atoms with Crippen molar-refractivity contribution in [1.29, 1.82) is 0 Å². The second kappa shape index (κ2) is 71.7. The predicted octanol–water partition coefficient (Wildman–Crippen LogP) is 23.9. The second-order valence-electron chi connectivity index (χ2n) is 29.8. The molecule has 0 aromatic rings. The van der Waals surface area contributed by atoms with Crippen molar-refractivity contribution in [2.75, 3.05) is 39.6 Å². The predicted molar refractivity (Wildman–Crippen MR) is 405 cm³/mol. The Balaban J connectivity index is 5.15. The molecule has 0 aliphatic carbocycles. The Kier molecular flexibility index (Phi) is 70.3. The number of phosphoric acid groups is 2. The first-order chi connectivity index (χ1) is 47.9.